The number of hydrogen-bond acceptors (Lipinski definition) is 7. The van der Waals surface area contributed by atoms with Crippen molar-refractivity contribution in [3.63, 3.8) is 0 Å². The van der Waals surface area contributed by atoms with Crippen molar-refractivity contribution in [1.82, 2.24) is 9.88 Å². The van der Waals surface area contributed by atoms with Crippen molar-refractivity contribution >= 4 is 34.9 Å². The fraction of sp³-hybridized carbons (Fsp3) is 0.500. The van der Waals surface area contributed by atoms with Crippen LogP contribution in [0, 0.1) is 11.3 Å². The highest BCUT2D eigenvalue weighted by molar-refractivity contribution is 7.80. The van der Waals surface area contributed by atoms with Crippen molar-refractivity contribution in [2.24, 2.45) is 0 Å². The highest BCUT2D eigenvalue weighted by atomic mass is 32.1. The van der Waals surface area contributed by atoms with Crippen molar-refractivity contribution in [2.75, 3.05) is 25.2 Å². The van der Waals surface area contributed by atoms with Gasteiger partial charge in [0.2, 0.25) is 0 Å². The molecule has 0 N–H and O–H groups in total. The third-order valence-electron chi connectivity index (χ3n) is 4.31. The number of rotatable bonds is 7. The summed E-state index contributed by atoms with van der Waals surface area (Å²) in [5.41, 5.74) is -0.307. The lowest BCUT2D eigenvalue weighted by Gasteiger charge is -2.29. The normalized spacial score (nSPS) is 15.7. The van der Waals surface area contributed by atoms with Gasteiger partial charge in [-0.15, -0.1) is 0 Å². The first-order valence-corrected chi connectivity index (χ1v) is 8.94. The number of carbonyl (C=O) groups excluding carboxylic acids is 2. The molecule has 2 heterocycles. The molecule has 1 aliphatic rings. The van der Waals surface area contributed by atoms with Gasteiger partial charge in [-0.1, -0.05) is 0 Å². The fourth-order valence-electron chi connectivity index (χ4n) is 2.85. The quantitative estimate of drug-likeness (QED) is 0.515. The number of pyridine rings is 1. The Morgan fingerprint density at radius 2 is 2.15 bits per heavy atom. The molecule has 0 saturated carbocycles. The van der Waals surface area contributed by atoms with Crippen molar-refractivity contribution in [3.8, 4) is 11.8 Å². The van der Waals surface area contributed by atoms with Gasteiger partial charge in [0.15, 0.2) is 16.6 Å². The topological polar surface area (TPSA) is 95.8 Å². The van der Waals surface area contributed by atoms with Crippen LogP contribution in [0.2, 0.25) is 0 Å². The van der Waals surface area contributed by atoms with E-state index in [1.807, 2.05) is 6.07 Å². The lowest BCUT2D eigenvalue weighted by atomic mass is 10.0. The summed E-state index contributed by atoms with van der Waals surface area (Å²) in [6.07, 6.45) is 2.19. The maximum absolute atomic E-state index is 13.0. The summed E-state index contributed by atoms with van der Waals surface area (Å²) >= 11 is 5.52. The smallest absolute Gasteiger partial charge is 0.305 e. The Morgan fingerprint density at radius 1 is 1.44 bits per heavy atom. The SMILES string of the molecule is CCOC(=O)CCCN1C(=S)N(c2cnc(C#N)c(OC)c2)C(=O)C1(C)C. The predicted octanol–water partition coefficient (Wildman–Crippen LogP) is 2.02. The van der Waals surface area contributed by atoms with E-state index in [-0.39, 0.29) is 29.7 Å². The highest BCUT2D eigenvalue weighted by Crippen LogP contribution is 2.34. The van der Waals surface area contributed by atoms with Gasteiger partial charge in [0, 0.05) is 19.0 Å². The number of esters is 1. The van der Waals surface area contributed by atoms with Crippen molar-refractivity contribution in [1.29, 1.82) is 5.26 Å². The van der Waals surface area contributed by atoms with Crippen LogP contribution in [0.3, 0.4) is 0 Å². The molecule has 0 bridgehead atoms. The molecule has 1 fully saturated rings. The average Bonchev–Trinajstić information content (AvgIpc) is 2.80. The maximum atomic E-state index is 13.0. The van der Waals surface area contributed by atoms with E-state index in [0.29, 0.717) is 30.4 Å². The van der Waals surface area contributed by atoms with Gasteiger partial charge in [-0.2, -0.15) is 5.26 Å². The molecule has 9 heteroatoms. The molecule has 144 valence electrons. The van der Waals surface area contributed by atoms with E-state index in [1.54, 1.807) is 31.7 Å². The van der Waals surface area contributed by atoms with Crippen LogP contribution in [0.1, 0.15) is 39.3 Å². The molecule has 1 saturated heterocycles. The number of aromatic nitrogens is 1. The second-order valence-electron chi connectivity index (χ2n) is 6.40. The van der Waals surface area contributed by atoms with Crippen LogP contribution in [-0.2, 0) is 14.3 Å². The third-order valence-corrected chi connectivity index (χ3v) is 4.72. The Labute approximate surface area is 163 Å². The van der Waals surface area contributed by atoms with Gasteiger partial charge in [-0.3, -0.25) is 14.5 Å². The zero-order valence-electron chi connectivity index (χ0n) is 15.8. The van der Waals surface area contributed by atoms with Crippen LogP contribution in [0.5, 0.6) is 5.75 Å². The largest absolute Gasteiger partial charge is 0.494 e. The van der Waals surface area contributed by atoms with Gasteiger partial charge in [-0.25, -0.2) is 4.98 Å². The standard InChI is InChI=1S/C18H22N4O4S/c1-5-26-15(23)7-6-8-21-17(27)22(16(24)18(21,2)3)12-9-14(25-4)13(10-19)20-11-12/h9,11H,5-8H2,1-4H3. The number of carbonyl (C=O) groups is 2. The molecular formula is C18H22N4O4S. The molecule has 0 aromatic carbocycles. The van der Waals surface area contributed by atoms with E-state index in [2.05, 4.69) is 4.98 Å². The molecule has 1 aromatic rings. The molecule has 0 spiro atoms. The van der Waals surface area contributed by atoms with Crippen LogP contribution < -0.4 is 9.64 Å². The fourth-order valence-corrected chi connectivity index (χ4v) is 3.36. The minimum atomic E-state index is -0.868. The Balaban J connectivity index is 2.23. The molecule has 0 atom stereocenters. The Kier molecular flexibility index (Phi) is 6.33. The summed E-state index contributed by atoms with van der Waals surface area (Å²) in [5.74, 6) is -0.217. The molecule has 8 nitrogen and oxygen atoms in total. The molecule has 27 heavy (non-hydrogen) atoms. The lowest BCUT2D eigenvalue weighted by molar-refractivity contribution is -0.143. The molecule has 2 rings (SSSR count). The highest BCUT2D eigenvalue weighted by Gasteiger charge is 2.49. The molecule has 1 aromatic heterocycles. The summed E-state index contributed by atoms with van der Waals surface area (Å²) < 4.78 is 10.1. The lowest BCUT2D eigenvalue weighted by Crippen LogP contribution is -2.44. The summed E-state index contributed by atoms with van der Waals surface area (Å²) in [5, 5.41) is 9.39. The second-order valence-corrected chi connectivity index (χ2v) is 6.76. The maximum Gasteiger partial charge on any atom is 0.305 e. The number of ether oxygens (including phenoxy) is 2. The Morgan fingerprint density at radius 3 is 2.74 bits per heavy atom. The summed E-state index contributed by atoms with van der Waals surface area (Å²) in [7, 11) is 1.43. The summed E-state index contributed by atoms with van der Waals surface area (Å²) in [4.78, 5) is 31.7. The molecule has 0 aliphatic carbocycles. The third kappa shape index (κ3) is 4.01. The number of hydrogen-bond donors (Lipinski definition) is 0. The zero-order valence-corrected chi connectivity index (χ0v) is 16.6. The van der Waals surface area contributed by atoms with Crippen LogP contribution in [0.15, 0.2) is 12.3 Å². The van der Waals surface area contributed by atoms with E-state index in [4.69, 9.17) is 27.0 Å². The van der Waals surface area contributed by atoms with Gasteiger partial charge in [0.1, 0.15) is 11.6 Å². The summed E-state index contributed by atoms with van der Waals surface area (Å²) in [6, 6.07) is 3.50. The van der Waals surface area contributed by atoms with Crippen LogP contribution in [0.4, 0.5) is 5.69 Å². The van der Waals surface area contributed by atoms with E-state index in [0.717, 1.165) is 0 Å². The van der Waals surface area contributed by atoms with Crippen LogP contribution in [-0.4, -0.2) is 52.7 Å². The first kappa shape index (κ1) is 20.6. The van der Waals surface area contributed by atoms with Crippen LogP contribution >= 0.6 is 12.2 Å². The van der Waals surface area contributed by atoms with Gasteiger partial charge in [-0.05, 0) is 39.4 Å². The molecule has 0 radical (unpaired) electrons. The van der Waals surface area contributed by atoms with Gasteiger partial charge in [0.05, 0.1) is 25.6 Å². The Bertz CT molecular complexity index is 803. The molecular weight excluding hydrogens is 368 g/mol. The number of methoxy groups -OCH3 is 1. The van der Waals surface area contributed by atoms with Crippen molar-refractivity contribution in [2.45, 2.75) is 39.2 Å². The molecule has 1 amide bonds. The zero-order chi connectivity index (χ0) is 20.2. The van der Waals surface area contributed by atoms with E-state index >= 15 is 0 Å². The average molecular weight is 390 g/mol. The monoisotopic (exact) mass is 390 g/mol. The predicted molar refractivity (Wildman–Crippen MR) is 102 cm³/mol. The van der Waals surface area contributed by atoms with E-state index in [9.17, 15) is 9.59 Å². The van der Waals surface area contributed by atoms with E-state index in [1.165, 1.54) is 18.2 Å². The number of nitriles is 1. The molecule has 1 aliphatic heterocycles. The van der Waals surface area contributed by atoms with E-state index < -0.39 is 5.54 Å². The molecule has 0 unspecified atom stereocenters. The number of thiocarbonyl (C=S) groups is 1. The van der Waals surface area contributed by atoms with Gasteiger partial charge in [0.25, 0.3) is 5.91 Å². The Hall–Kier alpha value is -2.73. The van der Waals surface area contributed by atoms with Crippen molar-refractivity contribution in [3.05, 3.63) is 18.0 Å². The minimum absolute atomic E-state index is 0.129. The number of anilines is 1. The summed E-state index contributed by atoms with van der Waals surface area (Å²) in [6.45, 7) is 6.09. The van der Waals surface area contributed by atoms with Crippen molar-refractivity contribution < 1.29 is 19.1 Å². The first-order valence-electron chi connectivity index (χ1n) is 8.53. The first-order chi connectivity index (χ1) is 12.8. The second kappa shape index (κ2) is 8.31. The van der Waals surface area contributed by atoms with Gasteiger partial charge < -0.3 is 14.4 Å². The number of amides is 1. The van der Waals surface area contributed by atoms with Gasteiger partial charge >= 0.3 is 5.97 Å². The van der Waals surface area contributed by atoms with Crippen LogP contribution in [0.25, 0.3) is 0 Å². The minimum Gasteiger partial charge on any atom is -0.494 e. The number of nitrogens with zero attached hydrogens (tertiary/aromatic N) is 4.